The first-order valence-corrected chi connectivity index (χ1v) is 6.08. The molecule has 1 unspecified atom stereocenters. The van der Waals surface area contributed by atoms with Crippen LogP contribution in [0, 0.1) is 19.8 Å². The van der Waals surface area contributed by atoms with Crippen molar-refractivity contribution in [1.82, 2.24) is 5.32 Å². The Labute approximate surface area is 103 Å². The third-order valence-electron chi connectivity index (χ3n) is 3.00. The molecule has 1 rings (SSSR count). The fourth-order valence-corrected chi connectivity index (χ4v) is 1.67. The van der Waals surface area contributed by atoms with Crippen LogP contribution in [0.2, 0.25) is 0 Å². The first kappa shape index (κ1) is 13.7. The van der Waals surface area contributed by atoms with Crippen LogP contribution in [0.15, 0.2) is 18.2 Å². The van der Waals surface area contributed by atoms with Crippen LogP contribution >= 0.6 is 0 Å². The fourth-order valence-electron chi connectivity index (χ4n) is 1.67. The molecule has 0 aliphatic rings. The molecular weight excluding hydrogens is 212 g/mol. The number of hydrogen-bond donors (Lipinski definition) is 2. The van der Waals surface area contributed by atoms with Crippen molar-refractivity contribution >= 4 is 5.91 Å². The number of carbonyl (C=O) groups is 1. The maximum absolute atomic E-state index is 11.5. The highest BCUT2D eigenvalue weighted by Crippen LogP contribution is 2.10. The van der Waals surface area contributed by atoms with Crippen LogP contribution in [0.1, 0.15) is 23.6 Å². The number of nitrogens with two attached hydrogens (primary N) is 1. The lowest BCUT2D eigenvalue weighted by Gasteiger charge is -2.11. The molecule has 1 aromatic carbocycles. The van der Waals surface area contributed by atoms with Crippen molar-refractivity contribution in [2.45, 2.75) is 27.2 Å². The topological polar surface area (TPSA) is 55.1 Å². The number of hydrogen-bond acceptors (Lipinski definition) is 2. The van der Waals surface area contributed by atoms with E-state index in [4.69, 9.17) is 5.73 Å². The van der Waals surface area contributed by atoms with Gasteiger partial charge in [0.15, 0.2) is 0 Å². The third kappa shape index (κ3) is 4.19. The Morgan fingerprint density at radius 1 is 1.41 bits per heavy atom. The molecule has 1 atom stereocenters. The SMILES string of the molecule is Cc1ccc(C)c(CCNC(=O)C(C)CN)c1. The van der Waals surface area contributed by atoms with E-state index in [1.165, 1.54) is 16.7 Å². The molecule has 0 aromatic heterocycles. The van der Waals surface area contributed by atoms with Gasteiger partial charge in [-0.1, -0.05) is 30.7 Å². The highest BCUT2D eigenvalue weighted by molar-refractivity contribution is 5.78. The lowest BCUT2D eigenvalue weighted by molar-refractivity contribution is -0.124. The second-order valence-electron chi connectivity index (χ2n) is 4.61. The van der Waals surface area contributed by atoms with Gasteiger partial charge in [-0.15, -0.1) is 0 Å². The Morgan fingerprint density at radius 3 is 2.76 bits per heavy atom. The van der Waals surface area contributed by atoms with Gasteiger partial charge >= 0.3 is 0 Å². The Hall–Kier alpha value is -1.35. The fraction of sp³-hybridized carbons (Fsp3) is 0.500. The minimum Gasteiger partial charge on any atom is -0.355 e. The maximum atomic E-state index is 11.5. The second-order valence-corrected chi connectivity index (χ2v) is 4.61. The van der Waals surface area contributed by atoms with E-state index in [0.717, 1.165) is 6.42 Å². The molecule has 0 aliphatic carbocycles. The summed E-state index contributed by atoms with van der Waals surface area (Å²) in [6.07, 6.45) is 0.872. The van der Waals surface area contributed by atoms with Crippen LogP contribution < -0.4 is 11.1 Å². The summed E-state index contributed by atoms with van der Waals surface area (Å²) in [7, 11) is 0. The van der Waals surface area contributed by atoms with Crippen molar-refractivity contribution in [3.8, 4) is 0 Å². The summed E-state index contributed by atoms with van der Waals surface area (Å²) in [6.45, 7) is 7.09. The van der Waals surface area contributed by atoms with Crippen LogP contribution in [-0.2, 0) is 11.2 Å². The van der Waals surface area contributed by atoms with Gasteiger partial charge in [0, 0.05) is 19.0 Å². The van der Waals surface area contributed by atoms with Crippen molar-refractivity contribution in [3.63, 3.8) is 0 Å². The number of amides is 1. The largest absolute Gasteiger partial charge is 0.355 e. The summed E-state index contributed by atoms with van der Waals surface area (Å²) in [4.78, 5) is 11.5. The number of rotatable bonds is 5. The molecule has 94 valence electrons. The van der Waals surface area contributed by atoms with E-state index in [2.05, 4.69) is 37.4 Å². The minimum absolute atomic E-state index is 0.0396. The molecule has 3 N–H and O–H groups in total. The highest BCUT2D eigenvalue weighted by atomic mass is 16.1. The third-order valence-corrected chi connectivity index (χ3v) is 3.00. The first-order valence-electron chi connectivity index (χ1n) is 6.08. The quantitative estimate of drug-likeness (QED) is 0.812. The zero-order valence-corrected chi connectivity index (χ0v) is 10.9. The van der Waals surface area contributed by atoms with Gasteiger partial charge < -0.3 is 11.1 Å². The molecule has 0 spiro atoms. The average Bonchev–Trinajstić information content (AvgIpc) is 2.32. The standard InChI is InChI=1S/C14H22N2O/c1-10-4-5-11(2)13(8-10)6-7-16-14(17)12(3)9-15/h4-5,8,12H,6-7,9,15H2,1-3H3,(H,16,17). The van der Waals surface area contributed by atoms with Gasteiger partial charge in [-0.2, -0.15) is 0 Å². The van der Waals surface area contributed by atoms with Crippen LogP contribution in [-0.4, -0.2) is 19.0 Å². The first-order chi connectivity index (χ1) is 8.04. The van der Waals surface area contributed by atoms with Crippen LogP contribution in [0.4, 0.5) is 0 Å². The van der Waals surface area contributed by atoms with E-state index in [-0.39, 0.29) is 11.8 Å². The predicted molar refractivity (Wildman–Crippen MR) is 70.8 cm³/mol. The van der Waals surface area contributed by atoms with Gasteiger partial charge in [0.2, 0.25) is 5.91 Å². The minimum atomic E-state index is -0.103. The summed E-state index contributed by atoms with van der Waals surface area (Å²) in [5.41, 5.74) is 9.27. The van der Waals surface area contributed by atoms with Gasteiger partial charge in [0.25, 0.3) is 0 Å². The molecule has 0 saturated carbocycles. The summed E-state index contributed by atoms with van der Waals surface area (Å²) in [6, 6.07) is 6.40. The van der Waals surface area contributed by atoms with Gasteiger partial charge in [0.05, 0.1) is 0 Å². The molecule has 0 aliphatic heterocycles. The van der Waals surface area contributed by atoms with Gasteiger partial charge in [0.1, 0.15) is 0 Å². The number of carbonyl (C=O) groups excluding carboxylic acids is 1. The van der Waals surface area contributed by atoms with E-state index in [0.29, 0.717) is 13.1 Å². The summed E-state index contributed by atoms with van der Waals surface area (Å²) in [5, 5.41) is 2.91. The average molecular weight is 234 g/mol. The van der Waals surface area contributed by atoms with E-state index in [1.807, 2.05) is 6.92 Å². The van der Waals surface area contributed by atoms with E-state index in [9.17, 15) is 4.79 Å². The monoisotopic (exact) mass is 234 g/mol. The molecule has 3 nitrogen and oxygen atoms in total. The van der Waals surface area contributed by atoms with Crippen molar-refractivity contribution in [2.75, 3.05) is 13.1 Å². The van der Waals surface area contributed by atoms with E-state index in [1.54, 1.807) is 0 Å². The molecule has 0 fully saturated rings. The Balaban J connectivity index is 2.46. The summed E-state index contributed by atoms with van der Waals surface area (Å²) in [5.74, 6) is -0.0635. The Morgan fingerprint density at radius 2 is 2.12 bits per heavy atom. The lowest BCUT2D eigenvalue weighted by Crippen LogP contribution is -2.34. The van der Waals surface area contributed by atoms with Crippen LogP contribution in [0.5, 0.6) is 0 Å². The molecule has 3 heteroatoms. The highest BCUT2D eigenvalue weighted by Gasteiger charge is 2.09. The van der Waals surface area contributed by atoms with Crippen molar-refractivity contribution in [3.05, 3.63) is 34.9 Å². The predicted octanol–water partition coefficient (Wildman–Crippen LogP) is 1.56. The maximum Gasteiger partial charge on any atom is 0.224 e. The molecule has 1 amide bonds. The van der Waals surface area contributed by atoms with Crippen molar-refractivity contribution < 1.29 is 4.79 Å². The number of aryl methyl sites for hydroxylation is 2. The molecule has 0 heterocycles. The van der Waals surface area contributed by atoms with Gasteiger partial charge in [-0.25, -0.2) is 0 Å². The number of nitrogens with one attached hydrogen (secondary N) is 1. The van der Waals surface area contributed by atoms with Crippen LogP contribution in [0.3, 0.4) is 0 Å². The van der Waals surface area contributed by atoms with E-state index < -0.39 is 0 Å². The van der Waals surface area contributed by atoms with Gasteiger partial charge in [-0.05, 0) is 31.4 Å². The Kier molecular flexibility index (Phi) is 5.16. The molecule has 0 saturated heterocycles. The molecule has 0 bridgehead atoms. The molecular formula is C14H22N2O. The zero-order chi connectivity index (χ0) is 12.8. The molecule has 0 radical (unpaired) electrons. The van der Waals surface area contributed by atoms with Crippen molar-refractivity contribution in [1.29, 1.82) is 0 Å². The molecule has 17 heavy (non-hydrogen) atoms. The number of benzene rings is 1. The normalized spacial score (nSPS) is 12.2. The van der Waals surface area contributed by atoms with Crippen molar-refractivity contribution in [2.24, 2.45) is 11.7 Å². The lowest BCUT2D eigenvalue weighted by atomic mass is 10.0. The smallest absolute Gasteiger partial charge is 0.224 e. The molecule has 1 aromatic rings. The van der Waals surface area contributed by atoms with Gasteiger partial charge in [-0.3, -0.25) is 4.79 Å². The van der Waals surface area contributed by atoms with Crippen LogP contribution in [0.25, 0.3) is 0 Å². The zero-order valence-electron chi connectivity index (χ0n) is 10.9. The Bertz CT molecular complexity index is 388. The summed E-state index contributed by atoms with van der Waals surface area (Å²) < 4.78 is 0. The van der Waals surface area contributed by atoms with E-state index >= 15 is 0 Å². The second kappa shape index (κ2) is 6.40. The summed E-state index contributed by atoms with van der Waals surface area (Å²) >= 11 is 0.